The molecule has 0 aliphatic rings. The van der Waals surface area contributed by atoms with Crippen molar-refractivity contribution in [3.8, 4) is 11.5 Å². The minimum absolute atomic E-state index is 0.138. The lowest BCUT2D eigenvalue weighted by molar-refractivity contribution is 0.0951. The summed E-state index contributed by atoms with van der Waals surface area (Å²) in [5.74, 6) is 0.983. The number of aryl methyl sites for hydroxylation is 1. The van der Waals surface area contributed by atoms with E-state index in [-0.39, 0.29) is 5.91 Å². The second-order valence-corrected chi connectivity index (χ2v) is 5.68. The van der Waals surface area contributed by atoms with Crippen LogP contribution in [0.2, 0.25) is 0 Å². The summed E-state index contributed by atoms with van der Waals surface area (Å²) in [6.07, 6.45) is 1.66. The Bertz CT molecular complexity index is 664. The quantitative estimate of drug-likeness (QED) is 0.794. The molecule has 116 valence electrons. The number of methoxy groups -OCH3 is 1. The lowest BCUT2D eigenvalue weighted by Gasteiger charge is -2.11. The Hall–Kier alpha value is -2.27. The number of rotatable bonds is 7. The van der Waals surface area contributed by atoms with Crippen LogP contribution in [0.1, 0.15) is 20.8 Å². The Kier molecular flexibility index (Phi) is 5.61. The van der Waals surface area contributed by atoms with E-state index in [2.05, 4.69) is 11.9 Å². The van der Waals surface area contributed by atoms with Crippen molar-refractivity contribution in [3.63, 3.8) is 0 Å². The van der Waals surface area contributed by atoms with Crippen LogP contribution in [0.3, 0.4) is 0 Å². The van der Waals surface area contributed by atoms with Crippen LogP contribution < -0.4 is 14.8 Å². The van der Waals surface area contributed by atoms with Crippen LogP contribution in [0.25, 0.3) is 0 Å². The van der Waals surface area contributed by atoms with Gasteiger partial charge in [-0.25, -0.2) is 0 Å². The monoisotopic (exact) mass is 317 g/mol. The Labute approximate surface area is 134 Å². The zero-order valence-electron chi connectivity index (χ0n) is 12.7. The smallest absolute Gasteiger partial charge is 0.251 e. The van der Waals surface area contributed by atoms with Crippen molar-refractivity contribution in [3.05, 3.63) is 58.3 Å². The summed E-state index contributed by atoms with van der Waals surface area (Å²) in [5.41, 5.74) is 1.73. The van der Waals surface area contributed by atoms with Crippen LogP contribution in [0, 0.1) is 6.92 Å². The van der Waals surface area contributed by atoms with Crippen molar-refractivity contribution in [2.24, 2.45) is 0 Å². The lowest BCUT2D eigenvalue weighted by Crippen LogP contribution is -2.22. The lowest BCUT2D eigenvalue weighted by atomic mass is 10.2. The fraction of sp³-hybridized carbons (Fsp3) is 0.235. The molecule has 1 N–H and O–H groups in total. The minimum atomic E-state index is -0.138. The van der Waals surface area contributed by atoms with Gasteiger partial charge in [-0.2, -0.15) is 0 Å². The summed E-state index contributed by atoms with van der Waals surface area (Å²) >= 11 is 1.64. The molecule has 0 bridgehead atoms. The fourth-order valence-corrected chi connectivity index (χ4v) is 2.77. The Morgan fingerprint density at radius 3 is 2.82 bits per heavy atom. The normalized spacial score (nSPS) is 10.1. The Morgan fingerprint density at radius 2 is 2.18 bits per heavy atom. The first-order valence-electron chi connectivity index (χ1n) is 6.88. The summed E-state index contributed by atoms with van der Waals surface area (Å²) in [4.78, 5) is 13.4. The van der Waals surface area contributed by atoms with Crippen LogP contribution in [0.4, 0.5) is 0 Å². The van der Waals surface area contributed by atoms with Crippen molar-refractivity contribution in [2.75, 3.05) is 13.7 Å². The molecule has 0 unspecified atom stereocenters. The van der Waals surface area contributed by atoms with Gasteiger partial charge in [0.15, 0.2) is 11.5 Å². The van der Waals surface area contributed by atoms with E-state index in [1.807, 2.05) is 18.4 Å². The minimum Gasteiger partial charge on any atom is -0.493 e. The molecule has 0 atom stereocenters. The number of carbonyl (C=O) groups excluding carboxylic acids is 1. The average molecular weight is 317 g/mol. The zero-order valence-corrected chi connectivity index (χ0v) is 13.5. The van der Waals surface area contributed by atoms with E-state index in [0.717, 1.165) is 4.88 Å². The molecule has 2 aromatic rings. The van der Waals surface area contributed by atoms with E-state index in [1.54, 1.807) is 42.7 Å². The second-order valence-electron chi connectivity index (χ2n) is 4.67. The molecule has 5 heteroatoms. The van der Waals surface area contributed by atoms with Gasteiger partial charge in [0.05, 0.1) is 13.7 Å². The topological polar surface area (TPSA) is 47.6 Å². The van der Waals surface area contributed by atoms with Gasteiger partial charge in [0.2, 0.25) is 0 Å². The molecule has 0 spiro atoms. The number of hydrogen-bond acceptors (Lipinski definition) is 4. The molecule has 0 fully saturated rings. The molecule has 4 nitrogen and oxygen atoms in total. The number of thiophene rings is 1. The third kappa shape index (κ3) is 3.89. The summed E-state index contributed by atoms with van der Waals surface area (Å²) in [7, 11) is 1.55. The van der Waals surface area contributed by atoms with Crippen molar-refractivity contribution < 1.29 is 14.3 Å². The third-order valence-corrected chi connectivity index (χ3v) is 4.18. The van der Waals surface area contributed by atoms with Gasteiger partial charge in [-0.3, -0.25) is 4.79 Å². The number of ether oxygens (including phenoxy) is 2. The van der Waals surface area contributed by atoms with Crippen LogP contribution in [-0.2, 0) is 6.54 Å². The molecule has 0 saturated carbocycles. The molecule has 0 aliphatic heterocycles. The summed E-state index contributed by atoms with van der Waals surface area (Å²) in [6.45, 7) is 6.55. The second kappa shape index (κ2) is 7.66. The van der Waals surface area contributed by atoms with Crippen molar-refractivity contribution >= 4 is 17.2 Å². The highest BCUT2D eigenvalue weighted by atomic mass is 32.1. The summed E-state index contributed by atoms with van der Waals surface area (Å²) < 4.78 is 10.7. The van der Waals surface area contributed by atoms with E-state index < -0.39 is 0 Å². The Balaban J connectivity index is 2.06. The van der Waals surface area contributed by atoms with Crippen LogP contribution in [-0.4, -0.2) is 19.6 Å². The van der Waals surface area contributed by atoms with Gasteiger partial charge < -0.3 is 14.8 Å². The SMILES string of the molecule is C=CCOc1ccc(C(=O)NCc2sccc2C)cc1OC. The highest BCUT2D eigenvalue weighted by Crippen LogP contribution is 2.28. The molecular weight excluding hydrogens is 298 g/mol. The van der Waals surface area contributed by atoms with E-state index in [1.165, 1.54) is 5.56 Å². The van der Waals surface area contributed by atoms with Crippen LogP contribution >= 0.6 is 11.3 Å². The van der Waals surface area contributed by atoms with Crippen LogP contribution in [0.15, 0.2) is 42.3 Å². The third-order valence-electron chi connectivity index (χ3n) is 3.16. The van der Waals surface area contributed by atoms with Gasteiger partial charge >= 0.3 is 0 Å². The molecule has 0 radical (unpaired) electrons. The van der Waals surface area contributed by atoms with Gasteiger partial charge in [-0.1, -0.05) is 12.7 Å². The first kappa shape index (κ1) is 16.1. The maximum Gasteiger partial charge on any atom is 0.251 e. The van der Waals surface area contributed by atoms with Gasteiger partial charge in [0, 0.05) is 10.4 Å². The average Bonchev–Trinajstić information content (AvgIpc) is 2.95. The fourth-order valence-electron chi connectivity index (χ4n) is 1.92. The predicted octanol–water partition coefficient (Wildman–Crippen LogP) is 3.56. The zero-order chi connectivity index (χ0) is 15.9. The highest BCUT2D eigenvalue weighted by Gasteiger charge is 2.11. The molecular formula is C17H19NO3S. The van der Waals surface area contributed by atoms with E-state index >= 15 is 0 Å². The molecule has 1 aromatic carbocycles. The van der Waals surface area contributed by atoms with E-state index in [4.69, 9.17) is 9.47 Å². The molecule has 0 saturated heterocycles. The molecule has 2 rings (SSSR count). The Morgan fingerprint density at radius 1 is 1.36 bits per heavy atom. The standard InChI is InChI=1S/C17H19NO3S/c1-4-8-21-14-6-5-13(10-15(14)20-3)17(19)18-11-16-12(2)7-9-22-16/h4-7,9-10H,1,8,11H2,2-3H3,(H,18,19). The summed E-state index contributed by atoms with van der Waals surface area (Å²) in [5, 5.41) is 4.93. The molecule has 0 aliphatic carbocycles. The molecule has 1 amide bonds. The van der Waals surface area contributed by atoms with Gasteiger partial charge in [-0.15, -0.1) is 11.3 Å². The summed E-state index contributed by atoms with van der Waals surface area (Å²) in [6, 6.07) is 7.17. The van der Waals surface area contributed by atoms with Crippen molar-refractivity contribution in [1.82, 2.24) is 5.32 Å². The van der Waals surface area contributed by atoms with Gasteiger partial charge in [0.25, 0.3) is 5.91 Å². The number of benzene rings is 1. The molecule has 1 aromatic heterocycles. The highest BCUT2D eigenvalue weighted by molar-refractivity contribution is 7.10. The predicted molar refractivity (Wildman–Crippen MR) is 88.9 cm³/mol. The number of nitrogens with one attached hydrogen (secondary N) is 1. The van der Waals surface area contributed by atoms with Crippen LogP contribution in [0.5, 0.6) is 11.5 Å². The maximum atomic E-state index is 12.2. The first-order chi connectivity index (χ1) is 10.7. The molecule has 22 heavy (non-hydrogen) atoms. The largest absolute Gasteiger partial charge is 0.493 e. The number of hydrogen-bond donors (Lipinski definition) is 1. The number of amides is 1. The van der Waals surface area contributed by atoms with E-state index in [0.29, 0.717) is 30.2 Å². The first-order valence-corrected chi connectivity index (χ1v) is 7.76. The van der Waals surface area contributed by atoms with Gasteiger partial charge in [-0.05, 0) is 42.1 Å². The maximum absolute atomic E-state index is 12.2. The van der Waals surface area contributed by atoms with E-state index in [9.17, 15) is 4.79 Å². The number of carbonyl (C=O) groups is 1. The molecule has 1 heterocycles. The van der Waals surface area contributed by atoms with Crippen molar-refractivity contribution in [1.29, 1.82) is 0 Å². The van der Waals surface area contributed by atoms with Crippen molar-refractivity contribution in [2.45, 2.75) is 13.5 Å². The van der Waals surface area contributed by atoms with Gasteiger partial charge in [0.1, 0.15) is 6.61 Å².